The molecule has 0 aliphatic rings. The van der Waals surface area contributed by atoms with Crippen LogP contribution in [0.15, 0.2) is 77.7 Å². The van der Waals surface area contributed by atoms with Crippen molar-refractivity contribution >= 4 is 38.9 Å². The molecule has 0 spiro atoms. The number of carbonyl (C=O) groups is 1. The topological polar surface area (TPSA) is 75.7 Å². The zero-order chi connectivity index (χ0) is 22.4. The number of para-hydroxylation sites is 1. The van der Waals surface area contributed by atoms with Crippen LogP contribution in [0.3, 0.4) is 0 Å². The van der Waals surface area contributed by atoms with Gasteiger partial charge in [-0.05, 0) is 60.5 Å². The Labute approximate surface area is 187 Å². The Balaban J connectivity index is 1.95. The van der Waals surface area contributed by atoms with E-state index in [4.69, 9.17) is 16.3 Å². The normalized spacial score (nSPS) is 11.1. The fourth-order valence-corrected chi connectivity index (χ4v) is 4.69. The number of anilines is 2. The average molecular weight is 459 g/mol. The number of hydrogen-bond donors (Lipinski definition) is 1. The molecule has 0 aromatic heterocycles. The lowest BCUT2D eigenvalue weighted by atomic mass is 10.1. The summed E-state index contributed by atoms with van der Waals surface area (Å²) in [6, 6.07) is 19.8. The van der Waals surface area contributed by atoms with Gasteiger partial charge in [0, 0.05) is 10.7 Å². The molecule has 0 unspecified atom stereocenters. The van der Waals surface area contributed by atoms with Gasteiger partial charge in [-0.2, -0.15) is 0 Å². The molecule has 0 aliphatic heterocycles. The summed E-state index contributed by atoms with van der Waals surface area (Å²) in [5.41, 5.74) is 1.91. The molecule has 1 amide bonds. The lowest BCUT2D eigenvalue weighted by molar-refractivity contribution is -0.114. The standard InChI is InChI=1S/C23H23ClN2O4S/c1-3-17-7-4-5-10-22(17)25-23(27)16-26(19-9-6-8-18(24)15-19)31(28,29)21-13-11-20(30-2)12-14-21/h4-15H,3,16H2,1-2H3,(H,25,27). The molecule has 1 N–H and O–H groups in total. The second kappa shape index (κ2) is 9.85. The van der Waals surface area contributed by atoms with Crippen LogP contribution in [0.2, 0.25) is 5.02 Å². The molecule has 0 bridgehead atoms. The molecule has 0 atom stereocenters. The van der Waals surface area contributed by atoms with Gasteiger partial charge in [-0.15, -0.1) is 0 Å². The van der Waals surface area contributed by atoms with Gasteiger partial charge in [0.15, 0.2) is 0 Å². The summed E-state index contributed by atoms with van der Waals surface area (Å²) in [4.78, 5) is 12.9. The summed E-state index contributed by atoms with van der Waals surface area (Å²) in [6.45, 7) is 1.57. The van der Waals surface area contributed by atoms with E-state index >= 15 is 0 Å². The van der Waals surface area contributed by atoms with Gasteiger partial charge in [0.25, 0.3) is 10.0 Å². The summed E-state index contributed by atoms with van der Waals surface area (Å²) in [6.07, 6.45) is 0.735. The maximum atomic E-state index is 13.4. The van der Waals surface area contributed by atoms with Crippen molar-refractivity contribution in [3.8, 4) is 5.75 Å². The third-order valence-electron chi connectivity index (χ3n) is 4.70. The van der Waals surface area contributed by atoms with Crippen molar-refractivity contribution in [2.45, 2.75) is 18.2 Å². The van der Waals surface area contributed by atoms with Crippen molar-refractivity contribution in [2.24, 2.45) is 0 Å². The molecule has 3 aromatic rings. The number of nitrogens with zero attached hydrogens (tertiary/aromatic N) is 1. The predicted molar refractivity (Wildman–Crippen MR) is 123 cm³/mol. The number of sulfonamides is 1. The Kier molecular flexibility index (Phi) is 7.20. The zero-order valence-electron chi connectivity index (χ0n) is 17.2. The van der Waals surface area contributed by atoms with Crippen molar-refractivity contribution in [1.29, 1.82) is 0 Å². The molecule has 162 valence electrons. The largest absolute Gasteiger partial charge is 0.497 e. The predicted octanol–water partition coefficient (Wildman–Crippen LogP) is 4.75. The van der Waals surface area contributed by atoms with E-state index in [-0.39, 0.29) is 4.90 Å². The van der Waals surface area contributed by atoms with Crippen LogP contribution in [0.25, 0.3) is 0 Å². The second-order valence-corrected chi connectivity index (χ2v) is 9.02. The fraction of sp³-hybridized carbons (Fsp3) is 0.174. The maximum absolute atomic E-state index is 13.4. The van der Waals surface area contributed by atoms with Crippen LogP contribution in [0, 0.1) is 0 Å². The quantitative estimate of drug-likeness (QED) is 0.528. The van der Waals surface area contributed by atoms with E-state index in [0.29, 0.717) is 22.1 Å². The van der Waals surface area contributed by atoms with E-state index in [9.17, 15) is 13.2 Å². The van der Waals surface area contributed by atoms with Gasteiger partial charge in [-0.25, -0.2) is 8.42 Å². The maximum Gasteiger partial charge on any atom is 0.264 e. The Hall–Kier alpha value is -3.03. The number of rotatable bonds is 8. The minimum Gasteiger partial charge on any atom is -0.497 e. The molecule has 8 heteroatoms. The third-order valence-corrected chi connectivity index (χ3v) is 6.73. The van der Waals surface area contributed by atoms with Crippen molar-refractivity contribution in [1.82, 2.24) is 0 Å². The number of amides is 1. The van der Waals surface area contributed by atoms with Gasteiger partial charge >= 0.3 is 0 Å². The van der Waals surface area contributed by atoms with Gasteiger partial charge in [0.2, 0.25) is 5.91 Å². The molecule has 0 fully saturated rings. The molecule has 0 saturated heterocycles. The molecular formula is C23H23ClN2O4S. The van der Waals surface area contributed by atoms with Gasteiger partial charge < -0.3 is 10.1 Å². The summed E-state index contributed by atoms with van der Waals surface area (Å²) in [5.74, 6) is 0.0696. The van der Waals surface area contributed by atoms with Crippen molar-refractivity contribution in [3.63, 3.8) is 0 Å². The van der Waals surface area contributed by atoms with Gasteiger partial charge in [-0.1, -0.05) is 42.8 Å². The van der Waals surface area contributed by atoms with E-state index < -0.39 is 22.5 Å². The molecule has 0 aliphatic carbocycles. The molecule has 3 aromatic carbocycles. The summed E-state index contributed by atoms with van der Waals surface area (Å²) in [7, 11) is -2.54. The van der Waals surface area contributed by atoms with Crippen LogP contribution in [-0.2, 0) is 21.2 Å². The van der Waals surface area contributed by atoms with Crippen LogP contribution >= 0.6 is 11.6 Å². The van der Waals surface area contributed by atoms with E-state index in [1.165, 1.54) is 25.3 Å². The number of benzene rings is 3. The highest BCUT2D eigenvalue weighted by molar-refractivity contribution is 7.92. The number of ether oxygens (including phenoxy) is 1. The highest BCUT2D eigenvalue weighted by Gasteiger charge is 2.27. The number of aryl methyl sites for hydroxylation is 1. The summed E-state index contributed by atoms with van der Waals surface area (Å²) < 4.78 is 33.0. The lowest BCUT2D eigenvalue weighted by Gasteiger charge is -2.24. The van der Waals surface area contributed by atoms with E-state index in [1.54, 1.807) is 36.4 Å². The summed E-state index contributed by atoms with van der Waals surface area (Å²) >= 11 is 6.09. The zero-order valence-corrected chi connectivity index (χ0v) is 18.8. The SMILES string of the molecule is CCc1ccccc1NC(=O)CN(c1cccc(Cl)c1)S(=O)(=O)c1ccc(OC)cc1. The number of halogens is 1. The van der Waals surface area contributed by atoms with Crippen LogP contribution in [0.4, 0.5) is 11.4 Å². The number of hydrogen-bond acceptors (Lipinski definition) is 4. The third kappa shape index (κ3) is 5.37. The number of nitrogens with one attached hydrogen (secondary N) is 1. The Bertz CT molecular complexity index is 1160. The Morgan fingerprint density at radius 2 is 1.74 bits per heavy atom. The van der Waals surface area contributed by atoms with Crippen LogP contribution < -0.4 is 14.4 Å². The van der Waals surface area contributed by atoms with Crippen LogP contribution in [-0.4, -0.2) is 28.0 Å². The minimum atomic E-state index is -4.04. The van der Waals surface area contributed by atoms with Crippen molar-refractivity contribution in [2.75, 3.05) is 23.3 Å². The first-order chi connectivity index (χ1) is 14.8. The van der Waals surface area contributed by atoms with E-state index in [2.05, 4.69) is 5.32 Å². The van der Waals surface area contributed by atoms with Crippen LogP contribution in [0.1, 0.15) is 12.5 Å². The fourth-order valence-electron chi connectivity index (χ4n) is 3.09. The molecular weight excluding hydrogens is 436 g/mol. The second-order valence-electron chi connectivity index (χ2n) is 6.73. The Morgan fingerprint density at radius 3 is 2.39 bits per heavy atom. The Morgan fingerprint density at radius 1 is 1.03 bits per heavy atom. The molecule has 0 saturated carbocycles. The monoisotopic (exact) mass is 458 g/mol. The van der Waals surface area contributed by atoms with Gasteiger partial charge in [0.05, 0.1) is 17.7 Å². The highest BCUT2D eigenvalue weighted by Crippen LogP contribution is 2.27. The average Bonchev–Trinajstić information content (AvgIpc) is 2.77. The van der Waals surface area contributed by atoms with Crippen LogP contribution in [0.5, 0.6) is 5.75 Å². The molecule has 6 nitrogen and oxygen atoms in total. The van der Waals surface area contributed by atoms with Crippen molar-refractivity contribution in [3.05, 3.63) is 83.4 Å². The van der Waals surface area contributed by atoms with E-state index in [1.807, 2.05) is 25.1 Å². The van der Waals surface area contributed by atoms with Crippen molar-refractivity contribution < 1.29 is 17.9 Å². The minimum absolute atomic E-state index is 0.0371. The first-order valence-electron chi connectivity index (χ1n) is 9.65. The van der Waals surface area contributed by atoms with E-state index in [0.717, 1.165) is 16.3 Å². The first-order valence-corrected chi connectivity index (χ1v) is 11.5. The van der Waals surface area contributed by atoms with Gasteiger partial charge in [-0.3, -0.25) is 9.10 Å². The molecule has 0 radical (unpaired) electrons. The molecule has 3 rings (SSSR count). The summed E-state index contributed by atoms with van der Waals surface area (Å²) in [5, 5.41) is 3.19. The van der Waals surface area contributed by atoms with Gasteiger partial charge in [0.1, 0.15) is 12.3 Å². The first kappa shape index (κ1) is 22.7. The highest BCUT2D eigenvalue weighted by atomic mass is 35.5. The smallest absolute Gasteiger partial charge is 0.264 e. The lowest BCUT2D eigenvalue weighted by Crippen LogP contribution is -2.38. The molecule has 31 heavy (non-hydrogen) atoms. The molecule has 0 heterocycles. The number of methoxy groups -OCH3 is 1. The number of carbonyl (C=O) groups excluding carboxylic acids is 1.